The SMILES string of the molecule is [C-]1=CC=CC1.[CH2-]CNCCCC.[CH3-].[CH3-].[Ti+4]. The van der Waals surface area contributed by atoms with Gasteiger partial charge in [0, 0.05) is 0 Å². The van der Waals surface area contributed by atoms with Crippen LogP contribution in [0.2, 0.25) is 0 Å². The van der Waals surface area contributed by atoms with E-state index in [0.29, 0.717) is 0 Å². The largest absolute Gasteiger partial charge is 4.00 e. The predicted molar refractivity (Wildman–Crippen MR) is 67.5 cm³/mol. The van der Waals surface area contributed by atoms with E-state index in [1.807, 2.05) is 12.2 Å². The molecule has 0 spiro atoms. The van der Waals surface area contributed by atoms with Crippen LogP contribution >= 0.6 is 0 Å². The first-order valence-electron chi connectivity index (χ1n) is 4.63. The second-order valence-corrected chi connectivity index (χ2v) is 2.61. The van der Waals surface area contributed by atoms with Crippen LogP contribution in [0.3, 0.4) is 0 Å². The first-order chi connectivity index (χ1) is 5.91. The quantitative estimate of drug-likeness (QED) is 0.453. The Morgan fingerprint density at radius 2 is 2.07 bits per heavy atom. The summed E-state index contributed by atoms with van der Waals surface area (Å²) in [6, 6.07) is 0. The van der Waals surface area contributed by atoms with E-state index in [1.54, 1.807) is 0 Å². The Balaban J connectivity index is -0.0000000687. The summed E-state index contributed by atoms with van der Waals surface area (Å²) in [5, 5.41) is 3.14. The molecule has 1 N–H and O–H groups in total. The molecule has 1 nitrogen and oxygen atoms in total. The molecular formula is C13H25NTi. The molecule has 0 bridgehead atoms. The molecule has 0 heterocycles. The molecule has 0 amide bonds. The van der Waals surface area contributed by atoms with E-state index in [2.05, 4.69) is 31.3 Å². The molecule has 0 aliphatic heterocycles. The summed E-state index contributed by atoms with van der Waals surface area (Å²) < 4.78 is 0. The van der Waals surface area contributed by atoms with Crippen molar-refractivity contribution in [1.29, 1.82) is 0 Å². The maximum Gasteiger partial charge on any atom is 4.00 e. The van der Waals surface area contributed by atoms with Gasteiger partial charge < -0.3 is 27.1 Å². The van der Waals surface area contributed by atoms with E-state index in [-0.39, 0.29) is 36.6 Å². The zero-order chi connectivity index (χ0) is 9.07. The van der Waals surface area contributed by atoms with Crippen LogP contribution in [0.5, 0.6) is 0 Å². The molecule has 0 atom stereocenters. The summed E-state index contributed by atoms with van der Waals surface area (Å²) in [6.45, 7) is 7.82. The topological polar surface area (TPSA) is 12.0 Å². The van der Waals surface area contributed by atoms with Crippen molar-refractivity contribution in [3.05, 3.63) is 46.1 Å². The van der Waals surface area contributed by atoms with Gasteiger partial charge in [-0.25, -0.2) is 12.2 Å². The van der Waals surface area contributed by atoms with Gasteiger partial charge in [-0.15, -0.1) is 13.0 Å². The zero-order valence-electron chi connectivity index (χ0n) is 10.5. The molecule has 0 aromatic heterocycles. The van der Waals surface area contributed by atoms with Crippen LogP contribution in [-0.2, 0) is 21.7 Å². The molecule has 0 aromatic carbocycles. The molecule has 15 heavy (non-hydrogen) atoms. The minimum absolute atomic E-state index is 0. The fraction of sp³-hybridized carbons (Fsp3) is 0.462. The van der Waals surface area contributed by atoms with Crippen molar-refractivity contribution < 1.29 is 21.7 Å². The Morgan fingerprint density at radius 1 is 1.40 bits per heavy atom. The summed E-state index contributed by atoms with van der Waals surface area (Å²) in [4.78, 5) is 0. The van der Waals surface area contributed by atoms with Gasteiger partial charge in [-0.1, -0.05) is 13.3 Å². The van der Waals surface area contributed by atoms with Gasteiger partial charge in [0.25, 0.3) is 0 Å². The first kappa shape index (κ1) is 24.4. The molecule has 0 saturated carbocycles. The molecule has 2 heteroatoms. The molecule has 1 aliphatic rings. The summed E-state index contributed by atoms with van der Waals surface area (Å²) in [7, 11) is 0. The molecule has 0 fully saturated rings. The second kappa shape index (κ2) is 23.8. The smallest absolute Gasteiger partial charge is 0.358 e. The molecule has 86 valence electrons. The van der Waals surface area contributed by atoms with E-state index < -0.39 is 0 Å². The maximum absolute atomic E-state index is 3.65. The number of hydrogen-bond donors (Lipinski definition) is 1. The first-order valence-corrected chi connectivity index (χ1v) is 4.63. The number of allylic oxidation sites excluding steroid dienone is 4. The van der Waals surface area contributed by atoms with E-state index in [4.69, 9.17) is 0 Å². The van der Waals surface area contributed by atoms with Gasteiger partial charge in [0.2, 0.25) is 0 Å². The predicted octanol–water partition coefficient (Wildman–Crippen LogP) is 3.41. The molecule has 0 saturated heterocycles. The van der Waals surface area contributed by atoms with Crippen molar-refractivity contribution in [2.45, 2.75) is 26.2 Å². The Kier molecular flexibility index (Phi) is 38.6. The fourth-order valence-electron chi connectivity index (χ4n) is 0.767. The molecule has 1 rings (SSSR count). The monoisotopic (exact) mass is 243 g/mol. The van der Waals surface area contributed by atoms with Gasteiger partial charge in [-0.3, -0.25) is 6.08 Å². The zero-order valence-corrected chi connectivity index (χ0v) is 12.0. The van der Waals surface area contributed by atoms with Crippen LogP contribution in [0.1, 0.15) is 26.2 Å². The standard InChI is InChI=1S/C6H14N.C5H5.2CH3.Ti/c1-3-5-6-7-4-2;1-2-4-5-3-1;;;/h7H,2-6H2,1H3;1-3H,4H2;2*1H3;/q4*-1;+4. The van der Waals surface area contributed by atoms with Crippen LogP contribution in [0, 0.1) is 27.9 Å². The maximum atomic E-state index is 3.65. The van der Waals surface area contributed by atoms with Crippen molar-refractivity contribution in [1.82, 2.24) is 5.32 Å². The summed E-state index contributed by atoms with van der Waals surface area (Å²) >= 11 is 0. The van der Waals surface area contributed by atoms with Gasteiger partial charge in [0.15, 0.2) is 0 Å². The van der Waals surface area contributed by atoms with Crippen LogP contribution in [0.4, 0.5) is 0 Å². The van der Waals surface area contributed by atoms with Crippen LogP contribution < -0.4 is 5.32 Å². The molecule has 0 radical (unpaired) electrons. The van der Waals surface area contributed by atoms with Crippen LogP contribution in [0.25, 0.3) is 0 Å². The van der Waals surface area contributed by atoms with Crippen molar-refractivity contribution in [3.63, 3.8) is 0 Å². The Labute approximate surface area is 112 Å². The number of nitrogens with one attached hydrogen (secondary N) is 1. The van der Waals surface area contributed by atoms with Crippen molar-refractivity contribution in [2.75, 3.05) is 13.1 Å². The van der Waals surface area contributed by atoms with Crippen molar-refractivity contribution in [3.8, 4) is 0 Å². The van der Waals surface area contributed by atoms with Crippen molar-refractivity contribution >= 4 is 0 Å². The summed E-state index contributed by atoms with van der Waals surface area (Å²) in [6.07, 6.45) is 12.5. The van der Waals surface area contributed by atoms with Crippen molar-refractivity contribution in [2.24, 2.45) is 0 Å². The molecule has 1 aliphatic carbocycles. The van der Waals surface area contributed by atoms with Gasteiger partial charge in [-0.2, -0.15) is 6.08 Å². The Bertz CT molecular complexity index is 116. The summed E-state index contributed by atoms with van der Waals surface area (Å²) in [5.74, 6) is 0. The third-order valence-electron chi connectivity index (χ3n) is 1.47. The van der Waals surface area contributed by atoms with Crippen LogP contribution in [0.15, 0.2) is 18.2 Å². The second-order valence-electron chi connectivity index (χ2n) is 2.61. The Morgan fingerprint density at radius 3 is 2.33 bits per heavy atom. The average Bonchev–Trinajstić information content (AvgIpc) is 2.62. The van der Waals surface area contributed by atoms with E-state index in [9.17, 15) is 0 Å². The van der Waals surface area contributed by atoms with Crippen LogP contribution in [-0.4, -0.2) is 13.1 Å². The normalized spacial score (nSPS) is 10.3. The minimum Gasteiger partial charge on any atom is -0.358 e. The fourth-order valence-corrected chi connectivity index (χ4v) is 0.767. The molecule has 0 unspecified atom stereocenters. The Hall–Kier alpha value is 0.154. The minimum atomic E-state index is 0. The van der Waals surface area contributed by atoms with Gasteiger partial charge >= 0.3 is 21.7 Å². The van der Waals surface area contributed by atoms with Gasteiger partial charge in [0.05, 0.1) is 0 Å². The number of hydrogen-bond acceptors (Lipinski definition) is 1. The van der Waals surface area contributed by atoms with E-state index in [0.717, 1.165) is 19.5 Å². The van der Waals surface area contributed by atoms with E-state index >= 15 is 0 Å². The third kappa shape index (κ3) is 25.0. The molecular weight excluding hydrogens is 218 g/mol. The van der Waals surface area contributed by atoms with Gasteiger partial charge in [0.1, 0.15) is 0 Å². The van der Waals surface area contributed by atoms with Gasteiger partial charge in [-0.05, 0) is 13.0 Å². The molecule has 0 aromatic rings. The summed E-state index contributed by atoms with van der Waals surface area (Å²) in [5.41, 5.74) is 0. The number of rotatable bonds is 4. The third-order valence-corrected chi connectivity index (χ3v) is 1.47. The van der Waals surface area contributed by atoms with E-state index in [1.165, 1.54) is 12.8 Å². The number of unbranched alkanes of at least 4 members (excludes halogenated alkanes) is 1. The average molecular weight is 243 g/mol.